The summed E-state index contributed by atoms with van der Waals surface area (Å²) in [7, 11) is 0. The monoisotopic (exact) mass is 229 g/mol. The summed E-state index contributed by atoms with van der Waals surface area (Å²) in [5.41, 5.74) is 0.854. The fourth-order valence-corrected chi connectivity index (χ4v) is 1.97. The van der Waals surface area contributed by atoms with Crippen LogP contribution >= 0.6 is 11.6 Å². The molecule has 2 nitrogen and oxygen atoms in total. The van der Waals surface area contributed by atoms with Gasteiger partial charge in [0.1, 0.15) is 5.82 Å². The molecule has 0 bridgehead atoms. The second-order valence-corrected chi connectivity index (χ2v) is 3.99. The van der Waals surface area contributed by atoms with Crippen molar-refractivity contribution in [1.82, 2.24) is 5.32 Å². The van der Waals surface area contributed by atoms with Crippen molar-refractivity contribution in [1.29, 1.82) is 0 Å². The van der Waals surface area contributed by atoms with Crippen LogP contribution in [0.15, 0.2) is 18.2 Å². The van der Waals surface area contributed by atoms with E-state index in [9.17, 15) is 4.39 Å². The zero-order chi connectivity index (χ0) is 10.7. The smallest absolute Gasteiger partial charge is 0.124 e. The summed E-state index contributed by atoms with van der Waals surface area (Å²) in [5, 5.41) is 3.69. The predicted molar refractivity (Wildman–Crippen MR) is 57.6 cm³/mol. The van der Waals surface area contributed by atoms with Crippen molar-refractivity contribution in [2.45, 2.75) is 12.5 Å². The first kappa shape index (κ1) is 10.9. The Balaban J connectivity index is 2.19. The van der Waals surface area contributed by atoms with Crippen LogP contribution in [0.3, 0.4) is 0 Å². The van der Waals surface area contributed by atoms with Gasteiger partial charge in [-0.05, 0) is 25.1 Å². The Hall–Kier alpha value is -0.640. The van der Waals surface area contributed by atoms with Crippen LogP contribution in [-0.4, -0.2) is 19.7 Å². The van der Waals surface area contributed by atoms with Crippen molar-refractivity contribution in [2.75, 3.05) is 19.7 Å². The lowest BCUT2D eigenvalue weighted by Crippen LogP contribution is -2.20. The number of hydrogen-bond donors (Lipinski definition) is 1. The molecule has 0 radical (unpaired) electrons. The van der Waals surface area contributed by atoms with Gasteiger partial charge < -0.3 is 10.1 Å². The first-order valence-electron chi connectivity index (χ1n) is 5.04. The first-order valence-corrected chi connectivity index (χ1v) is 5.42. The van der Waals surface area contributed by atoms with Crippen molar-refractivity contribution >= 4 is 11.6 Å². The highest BCUT2D eigenvalue weighted by atomic mass is 35.5. The molecule has 0 spiro atoms. The fraction of sp³-hybridized carbons (Fsp3) is 0.455. The maximum Gasteiger partial charge on any atom is 0.124 e. The van der Waals surface area contributed by atoms with Gasteiger partial charge in [-0.3, -0.25) is 0 Å². The summed E-state index contributed by atoms with van der Waals surface area (Å²) in [5.74, 6) is -0.315. The molecule has 1 aliphatic heterocycles. The van der Waals surface area contributed by atoms with Crippen molar-refractivity contribution in [3.8, 4) is 0 Å². The minimum absolute atomic E-state index is 0.0689. The number of ether oxygens (including phenoxy) is 1. The predicted octanol–water partition coefficient (Wildman–Crippen LogP) is 2.53. The van der Waals surface area contributed by atoms with Crippen molar-refractivity contribution in [3.63, 3.8) is 0 Å². The Morgan fingerprint density at radius 3 is 3.13 bits per heavy atom. The summed E-state index contributed by atoms with van der Waals surface area (Å²) in [6.45, 7) is 2.39. The molecule has 82 valence electrons. The van der Waals surface area contributed by atoms with E-state index in [0.717, 1.165) is 25.1 Å². The van der Waals surface area contributed by atoms with Gasteiger partial charge in [0.2, 0.25) is 0 Å². The topological polar surface area (TPSA) is 21.3 Å². The highest BCUT2D eigenvalue weighted by molar-refractivity contribution is 6.31. The van der Waals surface area contributed by atoms with Gasteiger partial charge in [0, 0.05) is 23.7 Å². The molecule has 0 amide bonds. The quantitative estimate of drug-likeness (QED) is 0.799. The van der Waals surface area contributed by atoms with Gasteiger partial charge >= 0.3 is 0 Å². The summed E-state index contributed by atoms with van der Waals surface area (Å²) < 4.78 is 18.5. The maximum atomic E-state index is 12.9. The molecule has 1 saturated heterocycles. The van der Waals surface area contributed by atoms with Gasteiger partial charge in [0.05, 0.1) is 6.10 Å². The van der Waals surface area contributed by atoms with E-state index in [1.807, 2.05) is 0 Å². The molecule has 15 heavy (non-hydrogen) atoms. The van der Waals surface area contributed by atoms with Crippen LogP contribution in [0.2, 0.25) is 5.02 Å². The van der Waals surface area contributed by atoms with Crippen LogP contribution in [0.25, 0.3) is 0 Å². The van der Waals surface area contributed by atoms with Crippen molar-refractivity contribution in [3.05, 3.63) is 34.6 Å². The van der Waals surface area contributed by atoms with Gasteiger partial charge in [-0.15, -0.1) is 0 Å². The number of rotatable bonds is 1. The third kappa shape index (κ3) is 2.68. The zero-order valence-electron chi connectivity index (χ0n) is 8.30. The van der Waals surface area contributed by atoms with E-state index in [1.54, 1.807) is 6.07 Å². The molecule has 0 saturated carbocycles. The molecule has 1 aromatic rings. The van der Waals surface area contributed by atoms with E-state index >= 15 is 0 Å². The normalized spacial score (nSPS) is 22.4. The van der Waals surface area contributed by atoms with Crippen LogP contribution in [-0.2, 0) is 4.74 Å². The number of benzene rings is 1. The van der Waals surface area contributed by atoms with E-state index in [0.29, 0.717) is 11.6 Å². The standard InChI is InChI=1S/C11H13ClFNO/c12-10-6-8(13)2-3-9(10)11-7-14-4-1-5-15-11/h2-3,6,11,14H,1,4-5,7H2. The minimum Gasteiger partial charge on any atom is -0.372 e. The maximum absolute atomic E-state index is 12.9. The lowest BCUT2D eigenvalue weighted by molar-refractivity contribution is 0.0669. The Morgan fingerprint density at radius 2 is 2.33 bits per heavy atom. The molecule has 1 aromatic carbocycles. The van der Waals surface area contributed by atoms with Crippen molar-refractivity contribution < 1.29 is 9.13 Å². The van der Waals surface area contributed by atoms with E-state index in [2.05, 4.69) is 5.32 Å². The van der Waals surface area contributed by atoms with Crippen LogP contribution in [0, 0.1) is 5.82 Å². The number of hydrogen-bond acceptors (Lipinski definition) is 2. The average molecular weight is 230 g/mol. The zero-order valence-corrected chi connectivity index (χ0v) is 9.06. The molecular weight excluding hydrogens is 217 g/mol. The largest absolute Gasteiger partial charge is 0.372 e. The molecule has 1 fully saturated rings. The van der Waals surface area contributed by atoms with Gasteiger partial charge in [0.25, 0.3) is 0 Å². The fourth-order valence-electron chi connectivity index (χ4n) is 1.68. The van der Waals surface area contributed by atoms with E-state index < -0.39 is 0 Å². The molecule has 0 aliphatic carbocycles. The molecule has 1 N–H and O–H groups in total. The molecule has 1 atom stereocenters. The molecule has 1 aliphatic rings. The second-order valence-electron chi connectivity index (χ2n) is 3.58. The number of nitrogens with one attached hydrogen (secondary N) is 1. The van der Waals surface area contributed by atoms with Gasteiger partial charge in [-0.25, -0.2) is 4.39 Å². The van der Waals surface area contributed by atoms with Crippen LogP contribution in [0.4, 0.5) is 4.39 Å². The molecule has 0 aromatic heterocycles. The van der Waals surface area contributed by atoms with Gasteiger partial charge in [-0.2, -0.15) is 0 Å². The lowest BCUT2D eigenvalue weighted by Gasteiger charge is -2.16. The second kappa shape index (κ2) is 4.92. The highest BCUT2D eigenvalue weighted by Gasteiger charge is 2.17. The van der Waals surface area contributed by atoms with E-state index in [4.69, 9.17) is 16.3 Å². The summed E-state index contributed by atoms with van der Waals surface area (Å²) in [6.07, 6.45) is 0.926. The first-order chi connectivity index (χ1) is 7.27. The van der Waals surface area contributed by atoms with Gasteiger partial charge in [0.15, 0.2) is 0 Å². The van der Waals surface area contributed by atoms with Crippen LogP contribution < -0.4 is 5.32 Å². The van der Waals surface area contributed by atoms with Crippen molar-refractivity contribution in [2.24, 2.45) is 0 Å². The van der Waals surface area contributed by atoms with E-state index in [1.165, 1.54) is 12.1 Å². The lowest BCUT2D eigenvalue weighted by atomic mass is 10.1. The Morgan fingerprint density at radius 1 is 1.47 bits per heavy atom. The Labute approximate surface area is 93.4 Å². The molecule has 2 rings (SSSR count). The van der Waals surface area contributed by atoms with E-state index in [-0.39, 0.29) is 11.9 Å². The SMILES string of the molecule is Fc1ccc(C2CNCCCO2)c(Cl)c1. The average Bonchev–Trinajstić information content (AvgIpc) is 2.46. The summed E-state index contributed by atoms with van der Waals surface area (Å²) in [4.78, 5) is 0. The Bertz CT molecular complexity index is 337. The van der Waals surface area contributed by atoms with Crippen LogP contribution in [0.5, 0.6) is 0 Å². The molecule has 4 heteroatoms. The Kier molecular flexibility index (Phi) is 3.57. The number of halogens is 2. The third-order valence-electron chi connectivity index (χ3n) is 2.46. The van der Waals surface area contributed by atoms with Gasteiger partial charge in [-0.1, -0.05) is 17.7 Å². The third-order valence-corrected chi connectivity index (χ3v) is 2.78. The van der Waals surface area contributed by atoms with Crippen LogP contribution in [0.1, 0.15) is 18.1 Å². The summed E-state index contributed by atoms with van der Waals surface area (Å²) >= 11 is 5.97. The molecule has 1 heterocycles. The summed E-state index contributed by atoms with van der Waals surface area (Å²) in [6, 6.07) is 4.43. The minimum atomic E-state index is -0.315. The molecule has 1 unspecified atom stereocenters. The molecular formula is C11H13ClFNO. The highest BCUT2D eigenvalue weighted by Crippen LogP contribution is 2.26.